The van der Waals surface area contributed by atoms with Crippen LogP contribution in [0.2, 0.25) is 5.02 Å². The second-order valence-corrected chi connectivity index (χ2v) is 12.2. The molecule has 2 heterocycles. The number of halogens is 1. The third-order valence-corrected chi connectivity index (χ3v) is 9.54. The normalized spacial score (nSPS) is 12.4. The van der Waals surface area contributed by atoms with Gasteiger partial charge in [0.2, 0.25) is 5.78 Å². The van der Waals surface area contributed by atoms with Crippen molar-refractivity contribution in [3.05, 3.63) is 64.4 Å². The Morgan fingerprint density at radius 3 is 1.97 bits per heavy atom. The van der Waals surface area contributed by atoms with Gasteiger partial charge in [0.1, 0.15) is 15.5 Å². The standard InChI is InChI=1S/C23H26ClNO5S2/c1-4-13-31(27,28)22-19-15-16(6-3)11-12-25(19)20(23(22)32(29,30)14-5-2)21(26)17-7-9-18(24)10-8-17/h7-12,15H,4-6,13-14H2,1-3H3. The van der Waals surface area contributed by atoms with Gasteiger partial charge in [0, 0.05) is 16.8 Å². The largest absolute Gasteiger partial charge is 0.311 e. The zero-order valence-corrected chi connectivity index (χ0v) is 20.6. The fraction of sp³-hybridized carbons (Fsp3) is 0.348. The van der Waals surface area contributed by atoms with E-state index >= 15 is 0 Å². The van der Waals surface area contributed by atoms with Gasteiger partial charge in [-0.25, -0.2) is 16.8 Å². The fourth-order valence-electron chi connectivity index (χ4n) is 3.75. The number of nitrogens with zero attached hydrogens (tertiary/aromatic N) is 1. The molecule has 9 heteroatoms. The molecule has 0 aliphatic heterocycles. The van der Waals surface area contributed by atoms with Crippen molar-refractivity contribution in [1.29, 1.82) is 0 Å². The van der Waals surface area contributed by atoms with Crippen molar-refractivity contribution in [3.8, 4) is 0 Å². The first kappa shape index (κ1) is 24.5. The lowest BCUT2D eigenvalue weighted by atomic mass is 10.1. The number of hydrogen-bond donors (Lipinski definition) is 0. The van der Waals surface area contributed by atoms with E-state index in [1.165, 1.54) is 28.7 Å². The summed E-state index contributed by atoms with van der Waals surface area (Å²) in [6.07, 6.45) is 2.82. The van der Waals surface area contributed by atoms with Crippen molar-refractivity contribution in [2.24, 2.45) is 0 Å². The molecule has 0 fully saturated rings. The van der Waals surface area contributed by atoms with E-state index in [1.807, 2.05) is 6.92 Å². The topological polar surface area (TPSA) is 89.8 Å². The first-order chi connectivity index (χ1) is 15.1. The zero-order chi connectivity index (χ0) is 23.7. The highest BCUT2D eigenvalue weighted by atomic mass is 35.5. The molecule has 0 aliphatic carbocycles. The Morgan fingerprint density at radius 2 is 1.44 bits per heavy atom. The summed E-state index contributed by atoms with van der Waals surface area (Å²) in [5, 5.41) is 0.430. The number of rotatable bonds is 9. The van der Waals surface area contributed by atoms with Gasteiger partial charge in [0.15, 0.2) is 19.7 Å². The van der Waals surface area contributed by atoms with E-state index in [0.717, 1.165) is 5.56 Å². The first-order valence-electron chi connectivity index (χ1n) is 10.5. The van der Waals surface area contributed by atoms with Gasteiger partial charge >= 0.3 is 0 Å². The monoisotopic (exact) mass is 495 g/mol. The van der Waals surface area contributed by atoms with Crippen LogP contribution in [0.5, 0.6) is 0 Å². The molecular weight excluding hydrogens is 470 g/mol. The van der Waals surface area contributed by atoms with E-state index in [-0.39, 0.29) is 39.6 Å². The van der Waals surface area contributed by atoms with Crippen LogP contribution in [-0.4, -0.2) is 38.5 Å². The molecule has 32 heavy (non-hydrogen) atoms. The predicted octanol–water partition coefficient (Wildman–Crippen LogP) is 4.75. The van der Waals surface area contributed by atoms with Gasteiger partial charge in [0.25, 0.3) is 0 Å². The molecule has 0 N–H and O–H groups in total. The summed E-state index contributed by atoms with van der Waals surface area (Å²) in [5.41, 5.74) is 1.12. The number of carbonyl (C=O) groups excluding carboxylic acids is 1. The summed E-state index contributed by atoms with van der Waals surface area (Å²) in [7, 11) is -8.03. The molecule has 0 radical (unpaired) electrons. The van der Waals surface area contributed by atoms with Crippen molar-refractivity contribution in [2.75, 3.05) is 11.5 Å². The molecule has 0 atom stereocenters. The maximum atomic E-state index is 13.6. The summed E-state index contributed by atoms with van der Waals surface area (Å²) < 4.78 is 54.8. The number of fused-ring (bicyclic) bond motifs is 1. The Labute approximate surface area is 194 Å². The van der Waals surface area contributed by atoms with Gasteiger partial charge in [-0.15, -0.1) is 0 Å². The average Bonchev–Trinajstić information content (AvgIpc) is 3.10. The van der Waals surface area contributed by atoms with Crippen LogP contribution in [0.25, 0.3) is 5.52 Å². The maximum absolute atomic E-state index is 13.6. The van der Waals surface area contributed by atoms with Gasteiger partial charge < -0.3 is 4.40 Å². The minimum absolute atomic E-state index is 0.159. The molecule has 3 aromatic rings. The molecule has 0 saturated heterocycles. The third kappa shape index (κ3) is 4.49. The number of ketones is 1. The van der Waals surface area contributed by atoms with Crippen LogP contribution < -0.4 is 0 Å². The van der Waals surface area contributed by atoms with E-state index in [4.69, 9.17) is 11.6 Å². The zero-order valence-electron chi connectivity index (χ0n) is 18.3. The van der Waals surface area contributed by atoms with Crippen LogP contribution in [-0.2, 0) is 26.1 Å². The number of hydrogen-bond acceptors (Lipinski definition) is 5. The second-order valence-electron chi connectivity index (χ2n) is 7.62. The highest BCUT2D eigenvalue weighted by molar-refractivity contribution is 7.94. The molecule has 2 aromatic heterocycles. The van der Waals surface area contributed by atoms with E-state index in [2.05, 4.69) is 0 Å². The van der Waals surface area contributed by atoms with Gasteiger partial charge in [0.05, 0.1) is 17.0 Å². The molecule has 0 aliphatic rings. The Hall–Kier alpha value is -2.16. The number of pyridine rings is 1. The highest BCUT2D eigenvalue weighted by Gasteiger charge is 2.37. The molecular formula is C23H26ClNO5S2. The van der Waals surface area contributed by atoms with Gasteiger partial charge in [-0.05, 0) is 61.2 Å². The van der Waals surface area contributed by atoms with Crippen molar-refractivity contribution in [3.63, 3.8) is 0 Å². The van der Waals surface area contributed by atoms with Crippen LogP contribution in [0.1, 0.15) is 55.2 Å². The summed E-state index contributed by atoms with van der Waals surface area (Å²) in [4.78, 5) is 12.9. The van der Waals surface area contributed by atoms with Crippen molar-refractivity contribution in [1.82, 2.24) is 4.40 Å². The van der Waals surface area contributed by atoms with Crippen LogP contribution in [0, 0.1) is 0 Å². The van der Waals surface area contributed by atoms with Crippen molar-refractivity contribution in [2.45, 2.75) is 49.8 Å². The average molecular weight is 496 g/mol. The van der Waals surface area contributed by atoms with Crippen molar-refractivity contribution >= 4 is 42.6 Å². The number of benzene rings is 1. The van der Waals surface area contributed by atoms with E-state index in [9.17, 15) is 21.6 Å². The smallest absolute Gasteiger partial charge is 0.211 e. The van der Waals surface area contributed by atoms with Gasteiger partial charge in [-0.1, -0.05) is 32.4 Å². The lowest BCUT2D eigenvalue weighted by Crippen LogP contribution is -2.17. The number of carbonyl (C=O) groups is 1. The van der Waals surface area contributed by atoms with Gasteiger partial charge in [-0.2, -0.15) is 0 Å². The molecule has 1 aromatic carbocycles. The molecule has 172 valence electrons. The van der Waals surface area contributed by atoms with Crippen LogP contribution >= 0.6 is 11.6 Å². The summed E-state index contributed by atoms with van der Waals surface area (Å²) in [5.74, 6) is -1.06. The molecule has 0 spiro atoms. The van der Waals surface area contributed by atoms with E-state index in [1.54, 1.807) is 32.2 Å². The Bertz CT molecular complexity index is 1370. The summed E-state index contributed by atoms with van der Waals surface area (Å²) in [6, 6.07) is 9.50. The Balaban J connectivity index is 2.52. The van der Waals surface area contributed by atoms with Crippen LogP contribution in [0.3, 0.4) is 0 Å². The number of sulfone groups is 2. The van der Waals surface area contributed by atoms with E-state index in [0.29, 0.717) is 17.9 Å². The van der Waals surface area contributed by atoms with Crippen LogP contribution in [0.15, 0.2) is 52.4 Å². The second kappa shape index (κ2) is 9.37. The summed E-state index contributed by atoms with van der Waals surface area (Å²) in [6.45, 7) is 5.33. The quantitative estimate of drug-likeness (QED) is 0.399. The predicted molar refractivity (Wildman–Crippen MR) is 126 cm³/mol. The minimum Gasteiger partial charge on any atom is -0.311 e. The highest BCUT2D eigenvalue weighted by Crippen LogP contribution is 2.36. The Morgan fingerprint density at radius 1 is 0.875 bits per heavy atom. The number of aryl methyl sites for hydroxylation is 1. The Kier molecular flexibility index (Phi) is 7.17. The minimum atomic E-state index is -4.06. The third-order valence-electron chi connectivity index (χ3n) is 5.21. The van der Waals surface area contributed by atoms with Crippen molar-refractivity contribution < 1.29 is 21.6 Å². The molecule has 0 amide bonds. The molecule has 0 saturated carbocycles. The fourth-order valence-corrected chi connectivity index (χ4v) is 7.85. The SMILES string of the molecule is CCCS(=O)(=O)c1c(S(=O)(=O)CCC)c2cc(CC)ccn2c1C(=O)c1ccc(Cl)cc1. The van der Waals surface area contributed by atoms with Crippen LogP contribution in [0.4, 0.5) is 0 Å². The molecule has 3 rings (SSSR count). The number of aromatic nitrogens is 1. The molecule has 6 nitrogen and oxygen atoms in total. The first-order valence-corrected chi connectivity index (χ1v) is 14.2. The maximum Gasteiger partial charge on any atom is 0.211 e. The summed E-state index contributed by atoms with van der Waals surface area (Å²) >= 11 is 5.94. The lowest BCUT2D eigenvalue weighted by molar-refractivity contribution is 0.103. The molecule has 0 bridgehead atoms. The van der Waals surface area contributed by atoms with E-state index < -0.39 is 30.4 Å². The molecule has 0 unspecified atom stereocenters. The lowest BCUT2D eigenvalue weighted by Gasteiger charge is -2.09. The van der Waals surface area contributed by atoms with Gasteiger partial charge in [-0.3, -0.25) is 4.79 Å².